The molecule has 26 heavy (non-hydrogen) atoms. The minimum atomic E-state index is -0.597. The normalized spacial score (nSPS) is 12.0. The van der Waals surface area contributed by atoms with Crippen LogP contribution >= 0.6 is 23.1 Å². The van der Waals surface area contributed by atoms with E-state index in [1.807, 2.05) is 13.8 Å². The number of imide groups is 1. The maximum Gasteiger partial charge on any atom is 0.321 e. The standard InChI is InChI=1S/C17H22N4O3S2/c1-6-8-21-15(23)12-9(3)10(4)25-14(12)20-17(21)26-11(5)13(22)19-16(24)18-7-2/h6,11H,1,7-8H2,2-5H3,(H2,18,19,22,24)/t11-/m0/s1. The van der Waals surface area contributed by atoms with Crippen molar-refractivity contribution in [1.82, 2.24) is 20.2 Å². The van der Waals surface area contributed by atoms with Crippen molar-refractivity contribution >= 4 is 45.3 Å². The molecule has 0 aliphatic carbocycles. The Hall–Kier alpha value is -2.13. The lowest BCUT2D eigenvalue weighted by atomic mass is 10.2. The third-order valence-corrected chi connectivity index (χ3v) is 5.98. The summed E-state index contributed by atoms with van der Waals surface area (Å²) >= 11 is 2.60. The highest BCUT2D eigenvalue weighted by Gasteiger charge is 2.22. The maximum atomic E-state index is 12.9. The van der Waals surface area contributed by atoms with Gasteiger partial charge in [0.25, 0.3) is 5.56 Å². The minimum Gasteiger partial charge on any atom is -0.338 e. The third-order valence-electron chi connectivity index (χ3n) is 3.79. The first-order valence-corrected chi connectivity index (χ1v) is 9.86. The van der Waals surface area contributed by atoms with Crippen molar-refractivity contribution in [3.63, 3.8) is 0 Å². The van der Waals surface area contributed by atoms with Crippen LogP contribution in [0.1, 0.15) is 24.3 Å². The molecule has 7 nitrogen and oxygen atoms in total. The lowest BCUT2D eigenvalue weighted by molar-refractivity contribution is -0.119. The van der Waals surface area contributed by atoms with Gasteiger partial charge in [-0.1, -0.05) is 17.8 Å². The van der Waals surface area contributed by atoms with Gasteiger partial charge in [-0.15, -0.1) is 17.9 Å². The quantitative estimate of drug-likeness (QED) is 0.446. The zero-order chi connectivity index (χ0) is 19.4. The summed E-state index contributed by atoms with van der Waals surface area (Å²) in [4.78, 5) is 42.9. The maximum absolute atomic E-state index is 12.9. The zero-order valence-electron chi connectivity index (χ0n) is 15.2. The summed E-state index contributed by atoms with van der Waals surface area (Å²) in [7, 11) is 0. The van der Waals surface area contributed by atoms with Gasteiger partial charge in [0.05, 0.1) is 10.6 Å². The van der Waals surface area contributed by atoms with Crippen molar-refractivity contribution in [3.8, 4) is 0 Å². The summed E-state index contributed by atoms with van der Waals surface area (Å²) in [5, 5.41) is 5.23. The Kier molecular flexibility index (Phi) is 6.60. The number of nitrogens with zero attached hydrogens (tertiary/aromatic N) is 2. The Labute approximate surface area is 159 Å². The minimum absolute atomic E-state index is 0.143. The SMILES string of the molecule is C=CCn1c(S[C@@H](C)C(=O)NC(=O)NCC)nc2sc(C)c(C)c2c1=O. The van der Waals surface area contributed by atoms with E-state index in [1.165, 1.54) is 15.9 Å². The summed E-state index contributed by atoms with van der Waals surface area (Å²) in [5.74, 6) is -0.445. The first-order valence-electron chi connectivity index (χ1n) is 8.16. The molecule has 9 heteroatoms. The predicted octanol–water partition coefficient (Wildman–Crippen LogP) is 2.59. The van der Waals surface area contributed by atoms with Crippen LogP contribution < -0.4 is 16.2 Å². The molecule has 0 fully saturated rings. The summed E-state index contributed by atoms with van der Waals surface area (Å²) in [5.41, 5.74) is 0.787. The van der Waals surface area contributed by atoms with Gasteiger partial charge in [-0.2, -0.15) is 0 Å². The lowest BCUT2D eigenvalue weighted by Gasteiger charge is -2.14. The van der Waals surface area contributed by atoms with Gasteiger partial charge >= 0.3 is 6.03 Å². The number of fused-ring (bicyclic) bond motifs is 1. The molecule has 0 unspecified atom stereocenters. The average molecular weight is 395 g/mol. The number of thioether (sulfide) groups is 1. The number of rotatable bonds is 6. The fourth-order valence-electron chi connectivity index (χ4n) is 2.32. The van der Waals surface area contributed by atoms with Crippen LogP contribution in [0.5, 0.6) is 0 Å². The van der Waals surface area contributed by atoms with Crippen LogP contribution in [0.3, 0.4) is 0 Å². The highest BCUT2D eigenvalue weighted by molar-refractivity contribution is 8.00. The Balaban J connectivity index is 2.37. The molecule has 0 spiro atoms. The fourth-order valence-corrected chi connectivity index (χ4v) is 4.31. The van der Waals surface area contributed by atoms with Crippen LogP contribution in [0, 0.1) is 13.8 Å². The van der Waals surface area contributed by atoms with E-state index in [4.69, 9.17) is 0 Å². The number of carbonyl (C=O) groups excluding carboxylic acids is 2. The summed E-state index contributed by atoms with van der Waals surface area (Å²) in [6, 6.07) is -0.540. The van der Waals surface area contributed by atoms with Crippen LogP contribution in [-0.4, -0.2) is 33.3 Å². The van der Waals surface area contributed by atoms with E-state index in [0.29, 0.717) is 28.5 Å². The predicted molar refractivity (Wildman–Crippen MR) is 106 cm³/mol. The summed E-state index contributed by atoms with van der Waals surface area (Å²) in [6.07, 6.45) is 1.62. The molecular formula is C17H22N4O3S2. The number of nitrogens with one attached hydrogen (secondary N) is 2. The van der Waals surface area contributed by atoms with E-state index in [0.717, 1.165) is 22.2 Å². The molecule has 0 saturated carbocycles. The van der Waals surface area contributed by atoms with Gasteiger partial charge in [-0.05, 0) is 33.3 Å². The van der Waals surface area contributed by atoms with E-state index in [9.17, 15) is 14.4 Å². The first-order chi connectivity index (χ1) is 12.3. The molecule has 0 aliphatic heterocycles. The monoisotopic (exact) mass is 394 g/mol. The summed E-state index contributed by atoms with van der Waals surface area (Å²) in [6.45, 7) is 11.7. The van der Waals surface area contributed by atoms with Crippen molar-refractivity contribution < 1.29 is 9.59 Å². The Morgan fingerprint density at radius 1 is 1.42 bits per heavy atom. The molecule has 2 N–H and O–H groups in total. The smallest absolute Gasteiger partial charge is 0.321 e. The van der Waals surface area contributed by atoms with Gasteiger partial charge in [0.15, 0.2) is 5.16 Å². The van der Waals surface area contributed by atoms with Crippen molar-refractivity contribution in [1.29, 1.82) is 0 Å². The average Bonchev–Trinajstić information content (AvgIpc) is 2.85. The molecule has 3 amide bonds. The number of thiophene rings is 1. The second-order valence-electron chi connectivity index (χ2n) is 5.67. The molecule has 0 aliphatic rings. The van der Waals surface area contributed by atoms with Crippen LogP contribution in [-0.2, 0) is 11.3 Å². The molecule has 2 rings (SSSR count). The molecule has 1 atom stereocenters. The van der Waals surface area contributed by atoms with Gasteiger partial charge in [-0.25, -0.2) is 9.78 Å². The highest BCUT2D eigenvalue weighted by atomic mass is 32.2. The largest absolute Gasteiger partial charge is 0.338 e. The van der Waals surface area contributed by atoms with Crippen molar-refractivity contribution in [2.24, 2.45) is 0 Å². The molecule has 2 aromatic heterocycles. The Bertz CT molecular complexity index is 917. The van der Waals surface area contributed by atoms with Crippen molar-refractivity contribution in [2.45, 2.75) is 44.6 Å². The fraction of sp³-hybridized carbons (Fsp3) is 0.412. The summed E-state index contributed by atoms with van der Waals surface area (Å²) < 4.78 is 1.51. The number of amides is 3. The molecule has 0 saturated heterocycles. The van der Waals surface area contributed by atoms with Crippen LogP contribution in [0.15, 0.2) is 22.6 Å². The number of allylic oxidation sites excluding steroid dienone is 1. The van der Waals surface area contributed by atoms with Gasteiger partial charge in [0, 0.05) is 18.0 Å². The number of hydrogen-bond acceptors (Lipinski definition) is 6. The van der Waals surface area contributed by atoms with E-state index in [-0.39, 0.29) is 5.56 Å². The van der Waals surface area contributed by atoms with Crippen molar-refractivity contribution in [2.75, 3.05) is 6.54 Å². The molecular weight excluding hydrogens is 372 g/mol. The van der Waals surface area contributed by atoms with Crippen LogP contribution in [0.25, 0.3) is 10.2 Å². The van der Waals surface area contributed by atoms with Gasteiger partial charge < -0.3 is 5.32 Å². The van der Waals surface area contributed by atoms with E-state index in [1.54, 1.807) is 19.9 Å². The number of aromatic nitrogens is 2. The Morgan fingerprint density at radius 3 is 2.73 bits per heavy atom. The lowest BCUT2D eigenvalue weighted by Crippen LogP contribution is -2.42. The number of aryl methyl sites for hydroxylation is 2. The van der Waals surface area contributed by atoms with Gasteiger partial charge in [0.1, 0.15) is 4.83 Å². The molecule has 0 aromatic carbocycles. The zero-order valence-corrected chi connectivity index (χ0v) is 16.8. The molecule has 0 radical (unpaired) electrons. The topological polar surface area (TPSA) is 93.1 Å². The second-order valence-corrected chi connectivity index (χ2v) is 8.18. The van der Waals surface area contributed by atoms with E-state index < -0.39 is 17.2 Å². The van der Waals surface area contributed by atoms with Crippen molar-refractivity contribution in [3.05, 3.63) is 33.4 Å². The Morgan fingerprint density at radius 2 is 2.12 bits per heavy atom. The van der Waals surface area contributed by atoms with Gasteiger partial charge in [0.2, 0.25) is 5.91 Å². The third kappa shape index (κ3) is 4.16. The number of hydrogen-bond donors (Lipinski definition) is 2. The molecule has 2 heterocycles. The highest BCUT2D eigenvalue weighted by Crippen LogP contribution is 2.29. The first kappa shape index (κ1) is 20.2. The van der Waals surface area contributed by atoms with Crippen LogP contribution in [0.4, 0.5) is 4.79 Å². The van der Waals surface area contributed by atoms with Crippen LogP contribution in [0.2, 0.25) is 0 Å². The second kappa shape index (κ2) is 8.50. The molecule has 140 valence electrons. The van der Waals surface area contributed by atoms with E-state index in [2.05, 4.69) is 22.2 Å². The molecule has 2 aromatic rings. The number of urea groups is 1. The van der Waals surface area contributed by atoms with Gasteiger partial charge in [-0.3, -0.25) is 19.5 Å². The number of carbonyl (C=O) groups is 2. The van der Waals surface area contributed by atoms with E-state index >= 15 is 0 Å². The molecule has 0 bridgehead atoms.